The summed E-state index contributed by atoms with van der Waals surface area (Å²) < 4.78 is 38.1. The zero-order valence-corrected chi connectivity index (χ0v) is 13.2. The fraction of sp³-hybridized carbons (Fsp3) is 0.500. The summed E-state index contributed by atoms with van der Waals surface area (Å²) in [6.07, 6.45) is 1.43. The van der Waals surface area contributed by atoms with Crippen molar-refractivity contribution in [3.63, 3.8) is 0 Å². The number of hydrogen-bond donors (Lipinski definition) is 2. The van der Waals surface area contributed by atoms with Gasteiger partial charge in [-0.05, 0) is 38.0 Å². The van der Waals surface area contributed by atoms with Crippen LogP contribution in [0.2, 0.25) is 0 Å². The molecule has 0 aliphatic carbocycles. The lowest BCUT2D eigenvalue weighted by Crippen LogP contribution is -2.43. The molecule has 0 aliphatic heterocycles. The fourth-order valence-electron chi connectivity index (χ4n) is 1.84. The molecule has 0 fully saturated rings. The third-order valence-electron chi connectivity index (χ3n) is 3.47. The van der Waals surface area contributed by atoms with Crippen molar-refractivity contribution in [1.29, 1.82) is 0 Å². The SMILES string of the molecule is CCC(CC)NC(=O)C(C)S(=O)(=O)c1ccc(N)c(F)c1. The maximum absolute atomic E-state index is 13.4. The van der Waals surface area contributed by atoms with E-state index < -0.39 is 26.8 Å². The number of nitrogens with two attached hydrogens (primary N) is 1. The molecule has 0 aliphatic rings. The van der Waals surface area contributed by atoms with Gasteiger partial charge in [-0.15, -0.1) is 0 Å². The molecular weight excluding hydrogens is 295 g/mol. The van der Waals surface area contributed by atoms with Crippen molar-refractivity contribution in [3.05, 3.63) is 24.0 Å². The first-order chi connectivity index (χ1) is 9.73. The van der Waals surface area contributed by atoms with E-state index in [1.165, 1.54) is 19.1 Å². The standard InChI is InChI=1S/C14H21FN2O3S/c1-4-10(5-2)17-14(18)9(3)21(19,20)11-6-7-13(16)12(15)8-11/h6-10H,4-5,16H2,1-3H3,(H,17,18). The number of rotatable bonds is 6. The van der Waals surface area contributed by atoms with E-state index in [0.29, 0.717) is 12.8 Å². The molecule has 0 saturated heterocycles. The smallest absolute Gasteiger partial charge is 0.238 e. The normalized spacial score (nSPS) is 13.2. The minimum absolute atomic E-state index is 0.0710. The van der Waals surface area contributed by atoms with E-state index in [0.717, 1.165) is 6.07 Å². The molecule has 0 bridgehead atoms. The molecule has 3 N–H and O–H groups in total. The van der Waals surface area contributed by atoms with Gasteiger partial charge < -0.3 is 11.1 Å². The summed E-state index contributed by atoms with van der Waals surface area (Å²) in [5, 5.41) is 1.39. The lowest BCUT2D eigenvalue weighted by Gasteiger charge is -2.18. The van der Waals surface area contributed by atoms with E-state index in [4.69, 9.17) is 5.73 Å². The predicted molar refractivity (Wildman–Crippen MR) is 80.0 cm³/mol. The van der Waals surface area contributed by atoms with Crippen molar-refractivity contribution in [2.24, 2.45) is 0 Å². The Bertz CT molecular complexity index is 613. The highest BCUT2D eigenvalue weighted by atomic mass is 32.2. The van der Waals surface area contributed by atoms with E-state index in [9.17, 15) is 17.6 Å². The molecule has 1 rings (SSSR count). The summed E-state index contributed by atoms with van der Waals surface area (Å²) in [7, 11) is -3.95. The Morgan fingerprint density at radius 1 is 1.33 bits per heavy atom. The van der Waals surface area contributed by atoms with E-state index in [1.54, 1.807) is 0 Å². The lowest BCUT2D eigenvalue weighted by molar-refractivity contribution is -0.121. The topological polar surface area (TPSA) is 89.3 Å². The molecule has 0 saturated carbocycles. The zero-order valence-electron chi connectivity index (χ0n) is 12.4. The monoisotopic (exact) mass is 316 g/mol. The van der Waals surface area contributed by atoms with Gasteiger partial charge in [-0.1, -0.05) is 13.8 Å². The minimum atomic E-state index is -3.95. The summed E-state index contributed by atoms with van der Waals surface area (Å²) in [5.41, 5.74) is 5.18. The molecule has 1 aromatic rings. The summed E-state index contributed by atoms with van der Waals surface area (Å²) in [6.45, 7) is 5.10. The second-order valence-corrected chi connectivity index (χ2v) is 7.16. The van der Waals surface area contributed by atoms with Gasteiger partial charge in [0.15, 0.2) is 9.84 Å². The van der Waals surface area contributed by atoms with E-state index in [1.807, 2.05) is 13.8 Å². The summed E-state index contributed by atoms with van der Waals surface area (Å²) >= 11 is 0. The Morgan fingerprint density at radius 3 is 2.38 bits per heavy atom. The predicted octanol–water partition coefficient (Wildman–Crippen LogP) is 1.87. The molecule has 1 unspecified atom stereocenters. The average molecular weight is 316 g/mol. The minimum Gasteiger partial charge on any atom is -0.396 e. The molecule has 0 radical (unpaired) electrons. The number of nitrogens with one attached hydrogen (secondary N) is 1. The maximum Gasteiger partial charge on any atom is 0.238 e. The van der Waals surface area contributed by atoms with Crippen LogP contribution in [0.15, 0.2) is 23.1 Å². The number of sulfone groups is 1. The number of carbonyl (C=O) groups is 1. The summed E-state index contributed by atoms with van der Waals surface area (Å²) in [6, 6.07) is 3.15. The van der Waals surface area contributed by atoms with Crippen LogP contribution in [-0.4, -0.2) is 25.6 Å². The van der Waals surface area contributed by atoms with E-state index in [-0.39, 0.29) is 16.6 Å². The third-order valence-corrected chi connectivity index (χ3v) is 5.52. The van der Waals surface area contributed by atoms with Crippen LogP contribution in [-0.2, 0) is 14.6 Å². The van der Waals surface area contributed by atoms with Gasteiger partial charge >= 0.3 is 0 Å². The number of benzene rings is 1. The van der Waals surface area contributed by atoms with Gasteiger partial charge in [0.1, 0.15) is 11.1 Å². The molecule has 1 atom stereocenters. The number of nitrogen functional groups attached to an aromatic ring is 1. The maximum atomic E-state index is 13.4. The molecule has 21 heavy (non-hydrogen) atoms. The van der Waals surface area contributed by atoms with Crippen LogP contribution < -0.4 is 11.1 Å². The summed E-state index contributed by atoms with van der Waals surface area (Å²) in [5.74, 6) is -1.40. The van der Waals surface area contributed by atoms with Crippen LogP contribution in [0.5, 0.6) is 0 Å². The second kappa shape index (κ2) is 6.89. The zero-order chi connectivity index (χ0) is 16.2. The van der Waals surface area contributed by atoms with Crippen LogP contribution in [0.4, 0.5) is 10.1 Å². The molecule has 1 aromatic carbocycles. The lowest BCUT2D eigenvalue weighted by atomic mass is 10.2. The highest BCUT2D eigenvalue weighted by Crippen LogP contribution is 2.20. The van der Waals surface area contributed by atoms with Crippen LogP contribution >= 0.6 is 0 Å². The molecule has 7 heteroatoms. The number of hydrogen-bond acceptors (Lipinski definition) is 4. The van der Waals surface area contributed by atoms with Crippen molar-refractivity contribution in [2.75, 3.05) is 5.73 Å². The van der Waals surface area contributed by atoms with Gasteiger partial charge in [0.25, 0.3) is 0 Å². The van der Waals surface area contributed by atoms with Gasteiger partial charge in [-0.25, -0.2) is 12.8 Å². The van der Waals surface area contributed by atoms with Crippen molar-refractivity contribution in [2.45, 2.75) is 49.8 Å². The second-order valence-electron chi connectivity index (χ2n) is 4.89. The highest BCUT2D eigenvalue weighted by molar-refractivity contribution is 7.92. The Kier molecular flexibility index (Phi) is 5.71. The van der Waals surface area contributed by atoms with Crippen LogP contribution in [0.3, 0.4) is 0 Å². The number of anilines is 1. The average Bonchev–Trinajstić information content (AvgIpc) is 2.46. The van der Waals surface area contributed by atoms with Crippen molar-refractivity contribution < 1.29 is 17.6 Å². The van der Waals surface area contributed by atoms with Gasteiger partial charge in [0, 0.05) is 6.04 Å². The highest BCUT2D eigenvalue weighted by Gasteiger charge is 2.31. The van der Waals surface area contributed by atoms with E-state index in [2.05, 4.69) is 5.32 Å². The fourth-order valence-corrected chi connectivity index (χ4v) is 3.12. The molecule has 0 heterocycles. The third kappa shape index (κ3) is 3.93. The molecular formula is C14H21FN2O3S. The Hall–Kier alpha value is -1.63. The first-order valence-electron chi connectivity index (χ1n) is 6.83. The molecule has 0 aromatic heterocycles. The largest absolute Gasteiger partial charge is 0.396 e. The Labute approximate surface area is 124 Å². The molecule has 1 amide bonds. The van der Waals surface area contributed by atoms with Gasteiger partial charge in [-0.3, -0.25) is 4.79 Å². The number of amides is 1. The molecule has 0 spiro atoms. The Morgan fingerprint density at radius 2 is 1.90 bits per heavy atom. The summed E-state index contributed by atoms with van der Waals surface area (Å²) in [4.78, 5) is 11.8. The van der Waals surface area contributed by atoms with E-state index >= 15 is 0 Å². The molecule has 118 valence electrons. The van der Waals surface area contributed by atoms with Crippen LogP contribution in [0, 0.1) is 5.82 Å². The van der Waals surface area contributed by atoms with Crippen LogP contribution in [0.25, 0.3) is 0 Å². The first kappa shape index (κ1) is 17.4. The Balaban J connectivity index is 3.00. The number of carbonyl (C=O) groups excluding carboxylic acids is 1. The van der Waals surface area contributed by atoms with Crippen LogP contribution in [0.1, 0.15) is 33.6 Å². The van der Waals surface area contributed by atoms with Gasteiger partial charge in [0.2, 0.25) is 5.91 Å². The van der Waals surface area contributed by atoms with Gasteiger partial charge in [0.05, 0.1) is 10.6 Å². The first-order valence-corrected chi connectivity index (χ1v) is 8.37. The molecule has 5 nitrogen and oxygen atoms in total. The van der Waals surface area contributed by atoms with Crippen molar-refractivity contribution >= 4 is 21.4 Å². The van der Waals surface area contributed by atoms with Crippen molar-refractivity contribution in [1.82, 2.24) is 5.32 Å². The quantitative estimate of drug-likeness (QED) is 0.784. The number of halogens is 1. The van der Waals surface area contributed by atoms with Gasteiger partial charge in [-0.2, -0.15) is 0 Å². The van der Waals surface area contributed by atoms with Crippen molar-refractivity contribution in [3.8, 4) is 0 Å².